The van der Waals surface area contributed by atoms with Gasteiger partial charge in [0, 0.05) is 11.6 Å². The van der Waals surface area contributed by atoms with Crippen molar-refractivity contribution in [3.8, 4) is 0 Å². The summed E-state index contributed by atoms with van der Waals surface area (Å²) in [7, 11) is 0. The molecule has 1 aromatic rings. The van der Waals surface area contributed by atoms with E-state index >= 15 is 0 Å². The number of rotatable bonds is 8. The Hall–Kier alpha value is -0.710. The molecule has 0 heterocycles. The molecule has 0 aliphatic rings. The Bertz CT molecular complexity index is 411. The lowest BCUT2D eigenvalue weighted by molar-refractivity contribution is -0.119. The molecule has 112 valence electrons. The van der Waals surface area contributed by atoms with Crippen LogP contribution in [-0.2, 0) is 4.79 Å². The topological polar surface area (TPSA) is 49.3 Å². The zero-order chi connectivity index (χ0) is 15.0. The minimum atomic E-state index is 0.0237. The molecule has 0 aliphatic heterocycles. The van der Waals surface area contributed by atoms with Crippen molar-refractivity contribution in [3.63, 3.8) is 0 Å². The van der Waals surface area contributed by atoms with Gasteiger partial charge in [0.2, 0.25) is 5.91 Å². The molecule has 1 amide bonds. The summed E-state index contributed by atoms with van der Waals surface area (Å²) in [4.78, 5) is 11.9. The third-order valence-corrected chi connectivity index (χ3v) is 4.49. The summed E-state index contributed by atoms with van der Waals surface area (Å²) in [5.41, 5.74) is 1.07. The predicted molar refractivity (Wildman–Crippen MR) is 86.2 cm³/mol. The third kappa shape index (κ3) is 6.16. The van der Waals surface area contributed by atoms with Gasteiger partial charge in [-0.05, 0) is 35.8 Å². The lowest BCUT2D eigenvalue weighted by Gasteiger charge is -2.17. The first-order chi connectivity index (χ1) is 9.56. The molecular formula is C15H22ClNO2S. The highest BCUT2D eigenvalue weighted by Gasteiger charge is 2.13. The number of nitrogens with one attached hydrogen (secondary N) is 1. The number of benzene rings is 1. The average molecular weight is 316 g/mol. The normalized spacial score (nSPS) is 13.8. The van der Waals surface area contributed by atoms with Crippen molar-refractivity contribution in [1.29, 1.82) is 0 Å². The molecule has 5 heteroatoms. The molecule has 0 aliphatic carbocycles. The molecule has 1 aromatic carbocycles. The number of halogens is 1. The van der Waals surface area contributed by atoms with E-state index in [1.165, 1.54) is 0 Å². The van der Waals surface area contributed by atoms with Gasteiger partial charge < -0.3 is 10.4 Å². The minimum Gasteiger partial charge on any atom is -0.396 e. The van der Waals surface area contributed by atoms with Crippen molar-refractivity contribution in [2.24, 2.45) is 5.92 Å². The second-order valence-electron chi connectivity index (χ2n) is 4.88. The van der Waals surface area contributed by atoms with E-state index in [0.717, 1.165) is 17.7 Å². The van der Waals surface area contributed by atoms with Crippen LogP contribution in [0.25, 0.3) is 0 Å². The van der Waals surface area contributed by atoms with E-state index in [1.807, 2.05) is 38.1 Å². The lowest BCUT2D eigenvalue weighted by Crippen LogP contribution is -2.29. The molecule has 2 N–H and O–H groups in total. The highest BCUT2D eigenvalue weighted by molar-refractivity contribution is 7.99. The molecule has 3 nitrogen and oxygen atoms in total. The highest BCUT2D eigenvalue weighted by Crippen LogP contribution is 2.19. The first-order valence-corrected chi connectivity index (χ1v) is 8.33. The van der Waals surface area contributed by atoms with Gasteiger partial charge in [-0.3, -0.25) is 4.79 Å². The van der Waals surface area contributed by atoms with E-state index < -0.39 is 0 Å². The summed E-state index contributed by atoms with van der Waals surface area (Å²) in [6.45, 7) is 4.17. The summed E-state index contributed by atoms with van der Waals surface area (Å²) >= 11 is 7.42. The molecule has 0 radical (unpaired) electrons. The Morgan fingerprint density at radius 1 is 1.40 bits per heavy atom. The molecule has 0 aromatic heterocycles. The van der Waals surface area contributed by atoms with Gasteiger partial charge >= 0.3 is 0 Å². The maximum Gasteiger partial charge on any atom is 0.230 e. The molecule has 2 unspecified atom stereocenters. The van der Waals surface area contributed by atoms with Crippen LogP contribution >= 0.6 is 23.4 Å². The van der Waals surface area contributed by atoms with Gasteiger partial charge in [-0.25, -0.2) is 0 Å². The van der Waals surface area contributed by atoms with Crippen molar-refractivity contribution in [2.75, 3.05) is 18.1 Å². The minimum absolute atomic E-state index is 0.0237. The van der Waals surface area contributed by atoms with Crippen LogP contribution in [0.5, 0.6) is 0 Å². The van der Waals surface area contributed by atoms with Crippen LogP contribution in [0.3, 0.4) is 0 Å². The van der Waals surface area contributed by atoms with E-state index in [9.17, 15) is 4.79 Å². The molecule has 0 saturated carbocycles. The smallest absolute Gasteiger partial charge is 0.230 e. The Kier molecular flexibility index (Phi) is 8.04. The Balaban J connectivity index is 2.43. The Labute approximate surface area is 130 Å². The second-order valence-corrected chi connectivity index (χ2v) is 6.35. The van der Waals surface area contributed by atoms with Crippen molar-refractivity contribution >= 4 is 29.3 Å². The number of carbonyl (C=O) groups excluding carboxylic acids is 1. The molecule has 0 bridgehead atoms. The summed E-state index contributed by atoms with van der Waals surface area (Å²) in [5.74, 6) is 1.48. The maximum atomic E-state index is 11.9. The summed E-state index contributed by atoms with van der Waals surface area (Å²) in [5, 5.41) is 12.7. The van der Waals surface area contributed by atoms with Crippen LogP contribution < -0.4 is 5.32 Å². The van der Waals surface area contributed by atoms with Crippen LogP contribution in [0.4, 0.5) is 0 Å². The summed E-state index contributed by atoms with van der Waals surface area (Å²) in [6, 6.07) is 7.58. The van der Waals surface area contributed by atoms with Crippen molar-refractivity contribution in [2.45, 2.75) is 26.3 Å². The van der Waals surface area contributed by atoms with Crippen molar-refractivity contribution in [1.82, 2.24) is 5.32 Å². The van der Waals surface area contributed by atoms with E-state index in [0.29, 0.717) is 10.8 Å². The largest absolute Gasteiger partial charge is 0.396 e. The quantitative estimate of drug-likeness (QED) is 0.774. The number of amides is 1. The number of hydrogen-bond acceptors (Lipinski definition) is 3. The van der Waals surface area contributed by atoms with Crippen LogP contribution in [0.1, 0.15) is 31.9 Å². The average Bonchev–Trinajstić information content (AvgIpc) is 2.45. The zero-order valence-corrected chi connectivity index (χ0v) is 13.5. The number of aliphatic hydroxyl groups excluding tert-OH is 1. The van der Waals surface area contributed by atoms with Gasteiger partial charge in [-0.1, -0.05) is 37.6 Å². The van der Waals surface area contributed by atoms with E-state index in [-0.39, 0.29) is 24.5 Å². The van der Waals surface area contributed by atoms with Crippen LogP contribution in [0, 0.1) is 5.92 Å². The highest BCUT2D eigenvalue weighted by atomic mass is 35.5. The fourth-order valence-corrected chi connectivity index (χ4v) is 2.78. The molecule has 0 fully saturated rings. The molecule has 1 rings (SSSR count). The molecule has 20 heavy (non-hydrogen) atoms. The number of aliphatic hydroxyl groups is 1. The molecule has 0 spiro atoms. The van der Waals surface area contributed by atoms with Crippen LogP contribution in [0.15, 0.2) is 24.3 Å². The van der Waals surface area contributed by atoms with E-state index in [2.05, 4.69) is 5.32 Å². The van der Waals surface area contributed by atoms with E-state index in [4.69, 9.17) is 16.7 Å². The SMILES string of the molecule is CCC(NC(=O)CSCC(C)CO)c1ccc(Cl)cc1. The van der Waals surface area contributed by atoms with Gasteiger partial charge in [0.25, 0.3) is 0 Å². The van der Waals surface area contributed by atoms with Crippen LogP contribution in [0.2, 0.25) is 5.02 Å². The van der Waals surface area contributed by atoms with Gasteiger partial charge in [-0.15, -0.1) is 0 Å². The first kappa shape index (κ1) is 17.3. The lowest BCUT2D eigenvalue weighted by atomic mass is 10.0. The third-order valence-electron chi connectivity index (χ3n) is 2.96. The van der Waals surface area contributed by atoms with Crippen molar-refractivity contribution in [3.05, 3.63) is 34.9 Å². The standard InChI is InChI=1S/C15H22ClNO2S/c1-3-14(12-4-6-13(16)7-5-12)17-15(19)10-20-9-11(2)8-18/h4-7,11,14,18H,3,8-10H2,1-2H3,(H,17,19). The zero-order valence-electron chi connectivity index (χ0n) is 11.9. The van der Waals surface area contributed by atoms with Gasteiger partial charge in [0.1, 0.15) is 0 Å². The Morgan fingerprint density at radius 3 is 2.60 bits per heavy atom. The molecule has 2 atom stereocenters. The number of thioether (sulfide) groups is 1. The fraction of sp³-hybridized carbons (Fsp3) is 0.533. The second kappa shape index (κ2) is 9.27. The van der Waals surface area contributed by atoms with Gasteiger partial charge in [0.05, 0.1) is 11.8 Å². The molecule has 0 saturated heterocycles. The number of hydrogen-bond donors (Lipinski definition) is 2. The van der Waals surface area contributed by atoms with E-state index in [1.54, 1.807) is 11.8 Å². The van der Waals surface area contributed by atoms with Gasteiger partial charge in [-0.2, -0.15) is 11.8 Å². The summed E-state index contributed by atoms with van der Waals surface area (Å²) in [6.07, 6.45) is 0.838. The van der Waals surface area contributed by atoms with Crippen molar-refractivity contribution < 1.29 is 9.90 Å². The number of carbonyl (C=O) groups is 1. The van der Waals surface area contributed by atoms with Gasteiger partial charge in [0.15, 0.2) is 0 Å². The Morgan fingerprint density at radius 2 is 2.05 bits per heavy atom. The monoisotopic (exact) mass is 315 g/mol. The fourth-order valence-electron chi connectivity index (χ4n) is 1.76. The molecular weight excluding hydrogens is 294 g/mol. The van der Waals surface area contributed by atoms with Crippen LogP contribution in [-0.4, -0.2) is 29.1 Å². The summed E-state index contributed by atoms with van der Waals surface area (Å²) < 4.78 is 0. The first-order valence-electron chi connectivity index (χ1n) is 6.80. The predicted octanol–water partition coefficient (Wildman–Crippen LogP) is 3.27. The maximum absolute atomic E-state index is 11.9.